The standard InChI is InChI=1S/C15H24N2O/c1-12(2)18-10-4-8-16-11-14-6-3-5-13-7-9-17-15(13)14/h3,5-6,12,16-17H,4,7-11H2,1-2H3. The van der Waals surface area contributed by atoms with Gasteiger partial charge in [0.05, 0.1) is 6.10 Å². The summed E-state index contributed by atoms with van der Waals surface area (Å²) < 4.78 is 5.52. The molecule has 0 fully saturated rings. The number of para-hydroxylation sites is 1. The van der Waals surface area contributed by atoms with Crippen LogP contribution in [0.4, 0.5) is 5.69 Å². The van der Waals surface area contributed by atoms with Crippen molar-refractivity contribution in [2.75, 3.05) is 25.0 Å². The molecule has 0 atom stereocenters. The molecule has 0 unspecified atom stereocenters. The van der Waals surface area contributed by atoms with Crippen molar-refractivity contribution >= 4 is 5.69 Å². The summed E-state index contributed by atoms with van der Waals surface area (Å²) in [5.74, 6) is 0. The van der Waals surface area contributed by atoms with Gasteiger partial charge in [0.25, 0.3) is 0 Å². The maximum absolute atomic E-state index is 5.52. The average Bonchev–Trinajstić information content (AvgIpc) is 2.82. The third kappa shape index (κ3) is 3.72. The van der Waals surface area contributed by atoms with Crippen LogP contribution in [0.25, 0.3) is 0 Å². The molecule has 3 heteroatoms. The van der Waals surface area contributed by atoms with Crippen molar-refractivity contribution in [3.63, 3.8) is 0 Å². The lowest BCUT2D eigenvalue weighted by Crippen LogP contribution is -2.18. The molecular formula is C15H24N2O. The third-order valence-electron chi connectivity index (χ3n) is 3.20. The molecule has 1 aliphatic heterocycles. The topological polar surface area (TPSA) is 33.3 Å². The van der Waals surface area contributed by atoms with Gasteiger partial charge in [0.1, 0.15) is 0 Å². The summed E-state index contributed by atoms with van der Waals surface area (Å²) >= 11 is 0. The van der Waals surface area contributed by atoms with Gasteiger partial charge in [0.2, 0.25) is 0 Å². The van der Waals surface area contributed by atoms with Crippen LogP contribution in [0.3, 0.4) is 0 Å². The number of benzene rings is 1. The first-order valence-corrected chi connectivity index (χ1v) is 6.94. The highest BCUT2D eigenvalue weighted by molar-refractivity contribution is 5.61. The molecule has 0 aliphatic carbocycles. The summed E-state index contributed by atoms with van der Waals surface area (Å²) in [5, 5.41) is 6.96. The van der Waals surface area contributed by atoms with Crippen LogP contribution in [0.2, 0.25) is 0 Å². The molecule has 0 aromatic heterocycles. The lowest BCUT2D eigenvalue weighted by molar-refractivity contribution is 0.0770. The minimum atomic E-state index is 0.339. The zero-order valence-corrected chi connectivity index (χ0v) is 11.5. The van der Waals surface area contributed by atoms with Crippen LogP contribution in [-0.2, 0) is 17.7 Å². The van der Waals surface area contributed by atoms with Crippen LogP contribution in [0.1, 0.15) is 31.4 Å². The van der Waals surface area contributed by atoms with E-state index in [-0.39, 0.29) is 0 Å². The fourth-order valence-corrected chi connectivity index (χ4v) is 2.30. The first-order valence-electron chi connectivity index (χ1n) is 6.94. The lowest BCUT2D eigenvalue weighted by Gasteiger charge is -2.11. The summed E-state index contributed by atoms with van der Waals surface area (Å²) in [6.45, 7) is 8.03. The van der Waals surface area contributed by atoms with Crippen LogP contribution in [0, 0.1) is 0 Å². The Bertz CT molecular complexity index is 377. The zero-order chi connectivity index (χ0) is 12.8. The normalized spacial score (nSPS) is 13.7. The molecule has 2 N–H and O–H groups in total. The summed E-state index contributed by atoms with van der Waals surface area (Å²) in [5.41, 5.74) is 4.19. The van der Waals surface area contributed by atoms with Crippen LogP contribution < -0.4 is 10.6 Å². The molecule has 2 rings (SSSR count). The quantitative estimate of drug-likeness (QED) is 0.728. The van der Waals surface area contributed by atoms with E-state index in [1.54, 1.807) is 0 Å². The number of ether oxygens (including phenoxy) is 1. The van der Waals surface area contributed by atoms with E-state index in [1.807, 2.05) is 0 Å². The number of nitrogens with one attached hydrogen (secondary N) is 2. The monoisotopic (exact) mass is 248 g/mol. The molecule has 100 valence electrons. The molecule has 18 heavy (non-hydrogen) atoms. The van der Waals surface area contributed by atoms with Crippen molar-refractivity contribution in [1.82, 2.24) is 5.32 Å². The molecule has 0 radical (unpaired) electrons. The van der Waals surface area contributed by atoms with E-state index in [0.29, 0.717) is 6.10 Å². The second kappa shape index (κ2) is 6.76. The Balaban J connectivity index is 1.70. The van der Waals surface area contributed by atoms with Crippen molar-refractivity contribution in [1.29, 1.82) is 0 Å². The van der Waals surface area contributed by atoms with Crippen molar-refractivity contribution in [3.8, 4) is 0 Å². The number of anilines is 1. The SMILES string of the molecule is CC(C)OCCCNCc1cccc2c1NCC2. The summed E-state index contributed by atoms with van der Waals surface area (Å²) in [6.07, 6.45) is 2.57. The van der Waals surface area contributed by atoms with Crippen LogP contribution in [-0.4, -0.2) is 25.8 Å². The second-order valence-electron chi connectivity index (χ2n) is 5.08. The minimum absolute atomic E-state index is 0.339. The Hall–Kier alpha value is -1.06. The van der Waals surface area contributed by atoms with Gasteiger partial charge < -0.3 is 15.4 Å². The molecule has 1 aliphatic rings. The lowest BCUT2D eigenvalue weighted by atomic mass is 10.1. The van der Waals surface area contributed by atoms with Crippen LogP contribution in [0.5, 0.6) is 0 Å². The number of hydrogen-bond acceptors (Lipinski definition) is 3. The van der Waals surface area contributed by atoms with Gasteiger partial charge in [-0.15, -0.1) is 0 Å². The molecule has 0 amide bonds. The highest BCUT2D eigenvalue weighted by Gasteiger charge is 2.12. The summed E-state index contributed by atoms with van der Waals surface area (Å²) in [6, 6.07) is 6.58. The van der Waals surface area contributed by atoms with Crippen molar-refractivity contribution in [2.45, 2.75) is 39.3 Å². The number of rotatable bonds is 7. The highest BCUT2D eigenvalue weighted by atomic mass is 16.5. The largest absolute Gasteiger partial charge is 0.384 e. The Morgan fingerprint density at radius 1 is 1.39 bits per heavy atom. The Morgan fingerprint density at radius 2 is 2.28 bits per heavy atom. The van der Waals surface area contributed by atoms with E-state index in [9.17, 15) is 0 Å². The number of hydrogen-bond donors (Lipinski definition) is 2. The van der Waals surface area contributed by atoms with Gasteiger partial charge in [-0.05, 0) is 44.4 Å². The van der Waals surface area contributed by atoms with Gasteiger partial charge in [-0.3, -0.25) is 0 Å². The van der Waals surface area contributed by atoms with Gasteiger partial charge in [-0.25, -0.2) is 0 Å². The fourth-order valence-electron chi connectivity index (χ4n) is 2.30. The van der Waals surface area contributed by atoms with Gasteiger partial charge in [-0.2, -0.15) is 0 Å². The van der Waals surface area contributed by atoms with Gasteiger partial charge in [0.15, 0.2) is 0 Å². The fraction of sp³-hybridized carbons (Fsp3) is 0.600. The van der Waals surface area contributed by atoms with Gasteiger partial charge in [-0.1, -0.05) is 18.2 Å². The highest BCUT2D eigenvalue weighted by Crippen LogP contribution is 2.25. The zero-order valence-electron chi connectivity index (χ0n) is 11.5. The molecular weight excluding hydrogens is 224 g/mol. The number of fused-ring (bicyclic) bond motifs is 1. The molecule has 0 saturated heterocycles. The van der Waals surface area contributed by atoms with E-state index in [2.05, 4.69) is 42.7 Å². The smallest absolute Gasteiger partial charge is 0.0518 e. The van der Waals surface area contributed by atoms with Gasteiger partial charge in [0, 0.05) is 25.4 Å². The Labute approximate surface area is 110 Å². The minimum Gasteiger partial charge on any atom is -0.384 e. The molecule has 0 spiro atoms. The third-order valence-corrected chi connectivity index (χ3v) is 3.20. The van der Waals surface area contributed by atoms with Crippen molar-refractivity contribution in [2.24, 2.45) is 0 Å². The predicted octanol–water partition coefficient (Wildman–Crippen LogP) is 2.56. The first-order chi connectivity index (χ1) is 8.77. The molecule has 1 aromatic rings. The van der Waals surface area contributed by atoms with Crippen LogP contribution in [0.15, 0.2) is 18.2 Å². The Kier molecular flexibility index (Phi) is 5.02. The Morgan fingerprint density at radius 3 is 3.11 bits per heavy atom. The average molecular weight is 248 g/mol. The van der Waals surface area contributed by atoms with E-state index in [4.69, 9.17) is 4.74 Å². The molecule has 0 saturated carbocycles. The molecule has 1 heterocycles. The maximum Gasteiger partial charge on any atom is 0.0518 e. The van der Waals surface area contributed by atoms with Crippen molar-refractivity contribution < 1.29 is 4.74 Å². The van der Waals surface area contributed by atoms with E-state index in [1.165, 1.54) is 16.8 Å². The summed E-state index contributed by atoms with van der Waals surface area (Å²) in [4.78, 5) is 0. The van der Waals surface area contributed by atoms with E-state index in [0.717, 1.165) is 39.1 Å². The summed E-state index contributed by atoms with van der Waals surface area (Å²) in [7, 11) is 0. The molecule has 3 nitrogen and oxygen atoms in total. The van der Waals surface area contributed by atoms with Crippen LogP contribution >= 0.6 is 0 Å². The molecule has 0 bridgehead atoms. The maximum atomic E-state index is 5.52. The second-order valence-corrected chi connectivity index (χ2v) is 5.08. The van der Waals surface area contributed by atoms with Gasteiger partial charge >= 0.3 is 0 Å². The predicted molar refractivity (Wildman–Crippen MR) is 76.0 cm³/mol. The van der Waals surface area contributed by atoms with Crippen molar-refractivity contribution in [3.05, 3.63) is 29.3 Å². The first kappa shape index (κ1) is 13.4. The molecule has 1 aromatic carbocycles. The van der Waals surface area contributed by atoms with E-state index >= 15 is 0 Å². The van der Waals surface area contributed by atoms with E-state index < -0.39 is 0 Å².